The molecule has 1 N–H and O–H groups in total. The molecule has 0 unspecified atom stereocenters. The first-order valence-electron chi connectivity index (χ1n) is 9.34. The van der Waals surface area contributed by atoms with Crippen molar-refractivity contribution in [1.82, 2.24) is 20.3 Å². The second-order valence-electron chi connectivity index (χ2n) is 6.61. The van der Waals surface area contributed by atoms with Gasteiger partial charge in [0.2, 0.25) is 0 Å². The van der Waals surface area contributed by atoms with Crippen LogP contribution in [0.25, 0.3) is 0 Å². The van der Waals surface area contributed by atoms with Crippen LogP contribution in [0.3, 0.4) is 0 Å². The van der Waals surface area contributed by atoms with Crippen molar-refractivity contribution >= 4 is 17.5 Å². The minimum Gasteiger partial charge on any atom is -0.353 e. The van der Waals surface area contributed by atoms with Gasteiger partial charge in [0.25, 0.3) is 5.91 Å². The molecule has 28 heavy (non-hydrogen) atoms. The number of rotatable bonds is 5. The smallest absolute Gasteiger partial charge is 0.251 e. The molecule has 4 heterocycles. The van der Waals surface area contributed by atoms with Gasteiger partial charge < -0.3 is 15.1 Å². The van der Waals surface area contributed by atoms with E-state index >= 15 is 0 Å². The molecular weight excluding hydrogens is 352 g/mol. The normalized spacial score (nSPS) is 14.0. The number of carbonyl (C=O) groups excluding carboxylic acids is 1. The number of nitrogens with one attached hydrogen (secondary N) is 1. The topological polar surface area (TPSA) is 74.2 Å². The zero-order valence-corrected chi connectivity index (χ0v) is 15.5. The maximum Gasteiger partial charge on any atom is 0.251 e. The van der Waals surface area contributed by atoms with Crippen molar-refractivity contribution < 1.29 is 4.79 Å². The van der Waals surface area contributed by atoms with E-state index in [1.54, 1.807) is 24.7 Å². The van der Waals surface area contributed by atoms with E-state index in [1.807, 2.05) is 42.6 Å². The average Bonchev–Trinajstić information content (AvgIpc) is 2.79. The van der Waals surface area contributed by atoms with Gasteiger partial charge in [-0.15, -0.1) is 0 Å². The standard InChI is InChI=1S/C21H22N6O/c28-21(25-16-17-4-3-7-22-15-17)18-6-9-24-20(14-18)27-12-10-26(11-13-27)19-5-1-2-8-23-19/h1-9,14-15H,10-13,16H2,(H,25,28). The Kier molecular flexibility index (Phi) is 5.42. The number of anilines is 2. The van der Waals surface area contributed by atoms with Crippen molar-refractivity contribution in [2.24, 2.45) is 0 Å². The Bertz CT molecular complexity index is 910. The van der Waals surface area contributed by atoms with Crippen LogP contribution < -0.4 is 15.1 Å². The van der Waals surface area contributed by atoms with Crippen LogP contribution >= 0.6 is 0 Å². The number of hydrogen-bond acceptors (Lipinski definition) is 6. The van der Waals surface area contributed by atoms with Crippen LogP contribution in [0.1, 0.15) is 15.9 Å². The number of piperazine rings is 1. The quantitative estimate of drug-likeness (QED) is 0.737. The van der Waals surface area contributed by atoms with Crippen LogP contribution in [0.2, 0.25) is 0 Å². The molecule has 1 aliphatic heterocycles. The first kappa shape index (κ1) is 17.9. The number of carbonyl (C=O) groups is 1. The molecule has 142 valence electrons. The molecule has 0 saturated carbocycles. The summed E-state index contributed by atoms with van der Waals surface area (Å²) in [5.41, 5.74) is 1.58. The lowest BCUT2D eigenvalue weighted by Gasteiger charge is -2.36. The van der Waals surface area contributed by atoms with Crippen molar-refractivity contribution in [3.05, 3.63) is 78.4 Å². The van der Waals surface area contributed by atoms with Gasteiger partial charge in [-0.3, -0.25) is 9.78 Å². The van der Waals surface area contributed by atoms with Gasteiger partial charge in [0.05, 0.1) is 0 Å². The molecule has 3 aromatic heterocycles. The predicted octanol–water partition coefficient (Wildman–Crippen LogP) is 2.13. The number of pyridine rings is 3. The summed E-state index contributed by atoms with van der Waals surface area (Å²) in [6, 6.07) is 13.4. The molecule has 0 aliphatic carbocycles. The monoisotopic (exact) mass is 374 g/mol. The Balaban J connectivity index is 1.37. The minimum absolute atomic E-state index is 0.111. The van der Waals surface area contributed by atoms with Crippen molar-refractivity contribution in [3.63, 3.8) is 0 Å². The van der Waals surface area contributed by atoms with Gasteiger partial charge in [-0.25, -0.2) is 9.97 Å². The molecule has 7 heteroatoms. The van der Waals surface area contributed by atoms with E-state index in [9.17, 15) is 4.79 Å². The number of aromatic nitrogens is 3. The molecule has 0 spiro atoms. The van der Waals surface area contributed by atoms with Crippen LogP contribution in [-0.4, -0.2) is 47.0 Å². The lowest BCUT2D eigenvalue weighted by Crippen LogP contribution is -2.47. The molecule has 1 aliphatic rings. The molecular formula is C21H22N6O. The summed E-state index contributed by atoms with van der Waals surface area (Å²) in [6.07, 6.45) is 6.98. The third kappa shape index (κ3) is 4.25. The Labute approximate surface area is 164 Å². The summed E-state index contributed by atoms with van der Waals surface area (Å²) in [5.74, 6) is 1.72. The highest BCUT2D eigenvalue weighted by molar-refractivity contribution is 5.94. The summed E-state index contributed by atoms with van der Waals surface area (Å²) in [5, 5.41) is 2.93. The Morgan fingerprint density at radius 1 is 0.893 bits per heavy atom. The molecule has 0 atom stereocenters. The first-order chi connectivity index (χ1) is 13.8. The van der Waals surface area contributed by atoms with Crippen molar-refractivity contribution in [2.75, 3.05) is 36.0 Å². The third-order valence-electron chi connectivity index (χ3n) is 4.76. The zero-order chi connectivity index (χ0) is 19.2. The van der Waals surface area contributed by atoms with Gasteiger partial charge in [-0.2, -0.15) is 0 Å². The Morgan fingerprint density at radius 3 is 2.39 bits per heavy atom. The third-order valence-corrected chi connectivity index (χ3v) is 4.76. The van der Waals surface area contributed by atoms with E-state index in [4.69, 9.17) is 0 Å². The fourth-order valence-corrected chi connectivity index (χ4v) is 3.23. The molecule has 0 radical (unpaired) electrons. The summed E-state index contributed by atoms with van der Waals surface area (Å²) in [6.45, 7) is 3.87. The summed E-state index contributed by atoms with van der Waals surface area (Å²) >= 11 is 0. The first-order valence-corrected chi connectivity index (χ1v) is 9.34. The van der Waals surface area contributed by atoms with Crippen molar-refractivity contribution in [1.29, 1.82) is 0 Å². The van der Waals surface area contributed by atoms with Crippen LogP contribution in [0.15, 0.2) is 67.3 Å². The van der Waals surface area contributed by atoms with Gasteiger partial charge in [0, 0.05) is 63.1 Å². The molecule has 7 nitrogen and oxygen atoms in total. The molecule has 0 bridgehead atoms. The van der Waals surface area contributed by atoms with Gasteiger partial charge in [0.15, 0.2) is 0 Å². The Morgan fingerprint density at radius 2 is 1.68 bits per heavy atom. The van der Waals surface area contributed by atoms with Crippen molar-refractivity contribution in [3.8, 4) is 0 Å². The maximum absolute atomic E-state index is 12.5. The summed E-state index contributed by atoms with van der Waals surface area (Å²) in [7, 11) is 0. The highest BCUT2D eigenvalue weighted by atomic mass is 16.1. The highest BCUT2D eigenvalue weighted by Crippen LogP contribution is 2.18. The van der Waals surface area contributed by atoms with Gasteiger partial charge in [-0.1, -0.05) is 12.1 Å². The van der Waals surface area contributed by atoms with Gasteiger partial charge in [-0.05, 0) is 35.9 Å². The highest BCUT2D eigenvalue weighted by Gasteiger charge is 2.19. The fraction of sp³-hybridized carbons (Fsp3) is 0.238. The van der Waals surface area contributed by atoms with Gasteiger partial charge >= 0.3 is 0 Å². The number of hydrogen-bond donors (Lipinski definition) is 1. The zero-order valence-electron chi connectivity index (χ0n) is 15.5. The van der Waals surface area contributed by atoms with Gasteiger partial charge in [0.1, 0.15) is 11.6 Å². The molecule has 0 aromatic carbocycles. The van der Waals surface area contributed by atoms with E-state index in [2.05, 4.69) is 30.1 Å². The molecule has 1 amide bonds. The summed E-state index contributed by atoms with van der Waals surface area (Å²) in [4.78, 5) is 29.9. The van der Waals surface area contributed by atoms with Crippen molar-refractivity contribution in [2.45, 2.75) is 6.54 Å². The van der Waals surface area contributed by atoms with Crippen LogP contribution in [-0.2, 0) is 6.54 Å². The number of nitrogens with zero attached hydrogens (tertiary/aromatic N) is 5. The fourth-order valence-electron chi connectivity index (χ4n) is 3.23. The minimum atomic E-state index is -0.111. The molecule has 1 fully saturated rings. The SMILES string of the molecule is O=C(NCc1cccnc1)c1ccnc(N2CCN(c3ccccn3)CC2)c1. The van der Waals surface area contributed by atoms with E-state index in [0.717, 1.165) is 43.4 Å². The van der Waals surface area contributed by atoms with E-state index < -0.39 is 0 Å². The lowest BCUT2D eigenvalue weighted by molar-refractivity contribution is 0.0951. The molecule has 1 saturated heterocycles. The van der Waals surface area contributed by atoms with E-state index in [-0.39, 0.29) is 5.91 Å². The maximum atomic E-state index is 12.5. The number of amides is 1. The molecule has 3 aromatic rings. The van der Waals surface area contributed by atoms with Crippen LogP contribution in [0, 0.1) is 0 Å². The van der Waals surface area contributed by atoms with Crippen LogP contribution in [0.5, 0.6) is 0 Å². The average molecular weight is 374 g/mol. The molecule has 4 rings (SSSR count). The second kappa shape index (κ2) is 8.47. The Hall–Kier alpha value is -3.48. The van der Waals surface area contributed by atoms with E-state index in [0.29, 0.717) is 12.1 Å². The lowest BCUT2D eigenvalue weighted by atomic mass is 10.2. The second-order valence-corrected chi connectivity index (χ2v) is 6.61. The summed E-state index contributed by atoms with van der Waals surface area (Å²) < 4.78 is 0. The largest absolute Gasteiger partial charge is 0.353 e. The predicted molar refractivity (Wildman–Crippen MR) is 108 cm³/mol. The van der Waals surface area contributed by atoms with Crippen LogP contribution in [0.4, 0.5) is 11.6 Å². The van der Waals surface area contributed by atoms with E-state index in [1.165, 1.54) is 0 Å².